The molecule has 0 aliphatic heterocycles. The fourth-order valence-electron chi connectivity index (χ4n) is 2.50. The SMILES string of the molecule is CC(=O)[C@H]1CC[C@H](NC(=O)c2ccccc2)CC1. The first-order valence-corrected chi connectivity index (χ1v) is 6.53. The van der Waals surface area contributed by atoms with E-state index < -0.39 is 0 Å². The van der Waals surface area contributed by atoms with Crippen LogP contribution in [0.3, 0.4) is 0 Å². The van der Waals surface area contributed by atoms with E-state index in [0.717, 1.165) is 25.7 Å². The Bertz CT molecular complexity index is 419. The van der Waals surface area contributed by atoms with E-state index in [1.54, 1.807) is 6.92 Å². The van der Waals surface area contributed by atoms with Crippen molar-refractivity contribution in [1.82, 2.24) is 5.32 Å². The third-order valence-corrected chi connectivity index (χ3v) is 3.67. The summed E-state index contributed by atoms with van der Waals surface area (Å²) in [5, 5.41) is 3.04. The number of Topliss-reactive ketones (excluding diaryl/α,β-unsaturated/α-hetero) is 1. The zero-order valence-electron chi connectivity index (χ0n) is 10.7. The Kier molecular flexibility index (Phi) is 4.13. The third kappa shape index (κ3) is 3.19. The van der Waals surface area contributed by atoms with Gasteiger partial charge in [-0.05, 0) is 44.7 Å². The molecule has 96 valence electrons. The molecule has 1 amide bonds. The molecule has 1 N–H and O–H groups in total. The van der Waals surface area contributed by atoms with Gasteiger partial charge in [0.25, 0.3) is 5.91 Å². The Hall–Kier alpha value is -1.64. The molecule has 0 saturated heterocycles. The highest BCUT2D eigenvalue weighted by molar-refractivity contribution is 5.94. The summed E-state index contributed by atoms with van der Waals surface area (Å²) in [4.78, 5) is 23.2. The van der Waals surface area contributed by atoms with Crippen molar-refractivity contribution in [3.63, 3.8) is 0 Å². The largest absolute Gasteiger partial charge is 0.349 e. The van der Waals surface area contributed by atoms with Crippen LogP contribution in [0.25, 0.3) is 0 Å². The van der Waals surface area contributed by atoms with Crippen molar-refractivity contribution in [3.05, 3.63) is 35.9 Å². The number of nitrogens with one attached hydrogen (secondary N) is 1. The van der Waals surface area contributed by atoms with Crippen molar-refractivity contribution < 1.29 is 9.59 Å². The summed E-state index contributed by atoms with van der Waals surface area (Å²) in [6, 6.07) is 9.47. The topological polar surface area (TPSA) is 46.2 Å². The number of amides is 1. The van der Waals surface area contributed by atoms with Crippen LogP contribution >= 0.6 is 0 Å². The van der Waals surface area contributed by atoms with E-state index in [0.29, 0.717) is 5.56 Å². The van der Waals surface area contributed by atoms with Crippen LogP contribution in [0, 0.1) is 5.92 Å². The van der Waals surface area contributed by atoms with E-state index >= 15 is 0 Å². The average Bonchev–Trinajstić information content (AvgIpc) is 2.40. The van der Waals surface area contributed by atoms with E-state index in [-0.39, 0.29) is 23.7 Å². The molecule has 1 aromatic carbocycles. The summed E-state index contributed by atoms with van der Waals surface area (Å²) in [5.74, 6) is 0.472. The van der Waals surface area contributed by atoms with Gasteiger partial charge in [-0.2, -0.15) is 0 Å². The predicted molar refractivity (Wildman–Crippen MR) is 70.3 cm³/mol. The van der Waals surface area contributed by atoms with Gasteiger partial charge < -0.3 is 5.32 Å². The lowest BCUT2D eigenvalue weighted by atomic mass is 9.84. The molecule has 1 fully saturated rings. The van der Waals surface area contributed by atoms with E-state index in [1.165, 1.54) is 0 Å². The molecular formula is C15H19NO2. The number of hydrogen-bond acceptors (Lipinski definition) is 2. The van der Waals surface area contributed by atoms with Gasteiger partial charge in [-0.1, -0.05) is 18.2 Å². The number of hydrogen-bond donors (Lipinski definition) is 1. The molecule has 3 heteroatoms. The third-order valence-electron chi connectivity index (χ3n) is 3.67. The van der Waals surface area contributed by atoms with E-state index in [1.807, 2.05) is 30.3 Å². The second-order valence-electron chi connectivity index (χ2n) is 5.00. The van der Waals surface area contributed by atoms with Crippen molar-refractivity contribution in [2.24, 2.45) is 5.92 Å². The zero-order chi connectivity index (χ0) is 13.0. The zero-order valence-corrected chi connectivity index (χ0v) is 10.7. The summed E-state index contributed by atoms with van der Waals surface area (Å²) in [6.07, 6.45) is 3.61. The lowest BCUT2D eigenvalue weighted by Gasteiger charge is -2.27. The minimum Gasteiger partial charge on any atom is -0.349 e. The lowest BCUT2D eigenvalue weighted by molar-refractivity contribution is -0.121. The van der Waals surface area contributed by atoms with Crippen LogP contribution in [0.15, 0.2) is 30.3 Å². The molecule has 1 saturated carbocycles. The van der Waals surface area contributed by atoms with E-state index in [9.17, 15) is 9.59 Å². The Morgan fingerprint density at radius 2 is 1.67 bits per heavy atom. The van der Waals surface area contributed by atoms with Gasteiger partial charge in [0.15, 0.2) is 0 Å². The van der Waals surface area contributed by atoms with Gasteiger partial charge in [0.2, 0.25) is 0 Å². The number of benzene rings is 1. The van der Waals surface area contributed by atoms with Gasteiger partial charge in [0.05, 0.1) is 0 Å². The molecule has 2 rings (SSSR count). The van der Waals surface area contributed by atoms with E-state index in [2.05, 4.69) is 5.32 Å². The summed E-state index contributed by atoms with van der Waals surface area (Å²) in [6.45, 7) is 1.66. The van der Waals surface area contributed by atoms with Crippen molar-refractivity contribution in [3.8, 4) is 0 Å². The van der Waals surface area contributed by atoms with Crippen molar-refractivity contribution >= 4 is 11.7 Å². The highest BCUT2D eigenvalue weighted by atomic mass is 16.1. The Balaban J connectivity index is 1.85. The Morgan fingerprint density at radius 3 is 2.22 bits per heavy atom. The summed E-state index contributed by atoms with van der Waals surface area (Å²) in [5.41, 5.74) is 0.700. The molecule has 0 aromatic heterocycles. The van der Waals surface area contributed by atoms with Gasteiger partial charge in [-0.3, -0.25) is 9.59 Å². The molecule has 1 aliphatic rings. The number of rotatable bonds is 3. The van der Waals surface area contributed by atoms with Crippen LogP contribution < -0.4 is 5.32 Å². The van der Waals surface area contributed by atoms with Gasteiger partial charge in [0, 0.05) is 17.5 Å². The number of carbonyl (C=O) groups is 2. The number of ketones is 1. The molecule has 18 heavy (non-hydrogen) atoms. The van der Waals surface area contributed by atoms with Crippen LogP contribution in [-0.4, -0.2) is 17.7 Å². The van der Waals surface area contributed by atoms with Gasteiger partial charge >= 0.3 is 0 Å². The minimum absolute atomic E-state index is 0.0122. The molecule has 3 nitrogen and oxygen atoms in total. The molecule has 1 aromatic rings. The second kappa shape index (κ2) is 5.80. The van der Waals surface area contributed by atoms with Gasteiger partial charge in [-0.15, -0.1) is 0 Å². The normalized spacial score (nSPS) is 23.4. The molecule has 1 aliphatic carbocycles. The maximum absolute atomic E-state index is 12.0. The monoisotopic (exact) mass is 245 g/mol. The Labute approximate surface area is 108 Å². The molecule has 0 bridgehead atoms. The molecule has 0 heterocycles. The number of carbonyl (C=O) groups excluding carboxylic acids is 2. The first kappa shape index (κ1) is 12.8. The summed E-state index contributed by atoms with van der Waals surface area (Å²) >= 11 is 0. The first-order valence-electron chi connectivity index (χ1n) is 6.53. The first-order chi connectivity index (χ1) is 8.66. The van der Waals surface area contributed by atoms with Gasteiger partial charge in [-0.25, -0.2) is 0 Å². The smallest absolute Gasteiger partial charge is 0.251 e. The second-order valence-corrected chi connectivity index (χ2v) is 5.00. The molecule has 0 spiro atoms. The fraction of sp³-hybridized carbons (Fsp3) is 0.467. The molecule has 0 radical (unpaired) electrons. The van der Waals surface area contributed by atoms with Crippen LogP contribution in [-0.2, 0) is 4.79 Å². The average molecular weight is 245 g/mol. The van der Waals surface area contributed by atoms with Crippen LogP contribution in [0.4, 0.5) is 0 Å². The highest BCUT2D eigenvalue weighted by Crippen LogP contribution is 2.25. The van der Waals surface area contributed by atoms with Crippen LogP contribution in [0.2, 0.25) is 0 Å². The molecule has 0 unspecified atom stereocenters. The van der Waals surface area contributed by atoms with Crippen molar-refractivity contribution in [2.75, 3.05) is 0 Å². The van der Waals surface area contributed by atoms with Crippen LogP contribution in [0.5, 0.6) is 0 Å². The molecule has 0 atom stereocenters. The van der Waals surface area contributed by atoms with Gasteiger partial charge in [0.1, 0.15) is 5.78 Å². The molecular weight excluding hydrogens is 226 g/mol. The predicted octanol–water partition coefficient (Wildman–Crippen LogP) is 2.56. The summed E-state index contributed by atoms with van der Waals surface area (Å²) in [7, 11) is 0. The fourth-order valence-corrected chi connectivity index (χ4v) is 2.50. The maximum Gasteiger partial charge on any atom is 0.251 e. The minimum atomic E-state index is -0.0122. The van der Waals surface area contributed by atoms with Crippen molar-refractivity contribution in [2.45, 2.75) is 38.6 Å². The summed E-state index contributed by atoms with van der Waals surface area (Å²) < 4.78 is 0. The quantitative estimate of drug-likeness (QED) is 0.889. The standard InChI is InChI=1S/C15H19NO2/c1-11(17)12-7-9-14(10-8-12)16-15(18)13-5-3-2-4-6-13/h2-6,12,14H,7-10H2,1H3,(H,16,18)/t12-,14-. The lowest BCUT2D eigenvalue weighted by Crippen LogP contribution is -2.38. The highest BCUT2D eigenvalue weighted by Gasteiger charge is 2.24. The van der Waals surface area contributed by atoms with Crippen molar-refractivity contribution in [1.29, 1.82) is 0 Å². The maximum atomic E-state index is 12.0. The van der Waals surface area contributed by atoms with Crippen LogP contribution in [0.1, 0.15) is 43.0 Å². The van der Waals surface area contributed by atoms with E-state index in [4.69, 9.17) is 0 Å². The Morgan fingerprint density at radius 1 is 1.06 bits per heavy atom.